The number of anilines is 1. The van der Waals surface area contributed by atoms with Crippen molar-refractivity contribution in [3.8, 4) is 5.75 Å². The number of phenolic OH excluding ortho intramolecular Hbond substituents is 1. The Kier molecular flexibility index (Phi) is 2.39. The molecule has 4 heteroatoms. The Morgan fingerprint density at radius 2 is 1.23 bits per heavy atom. The van der Waals surface area contributed by atoms with Gasteiger partial charge >= 0.3 is 0 Å². The Balaban J connectivity index is 2.19. The Labute approximate surface area is 125 Å². The maximum Gasteiger partial charge on any atom is 0.198 e. The minimum atomic E-state index is -0.375. The van der Waals surface area contributed by atoms with Gasteiger partial charge in [0.1, 0.15) is 5.75 Å². The molecule has 0 fully saturated rings. The van der Waals surface area contributed by atoms with Crippen molar-refractivity contribution in [2.75, 3.05) is 5.73 Å². The van der Waals surface area contributed by atoms with Gasteiger partial charge < -0.3 is 10.8 Å². The predicted octanol–water partition coefficient (Wildman–Crippen LogP) is 2.90. The Bertz CT molecular complexity index is 910. The smallest absolute Gasteiger partial charge is 0.198 e. The molecule has 0 spiro atoms. The average molecular weight is 289 g/mol. The number of benzene rings is 3. The van der Waals surface area contributed by atoms with Gasteiger partial charge in [-0.15, -0.1) is 0 Å². The number of nitrogen functional groups attached to an aromatic ring is 1. The van der Waals surface area contributed by atoms with E-state index in [4.69, 9.17) is 5.73 Å². The van der Waals surface area contributed by atoms with E-state index in [-0.39, 0.29) is 34.1 Å². The van der Waals surface area contributed by atoms with Gasteiger partial charge in [0.2, 0.25) is 0 Å². The summed E-state index contributed by atoms with van der Waals surface area (Å²) < 4.78 is 0. The normalized spacial score (nSPS) is 13.1. The first-order chi connectivity index (χ1) is 10.6. The van der Waals surface area contributed by atoms with Crippen molar-refractivity contribution in [2.45, 2.75) is 0 Å². The van der Waals surface area contributed by atoms with Gasteiger partial charge in [-0.3, -0.25) is 9.59 Å². The first-order valence-corrected chi connectivity index (χ1v) is 6.83. The molecule has 0 aliphatic heterocycles. The molecule has 3 aromatic rings. The second kappa shape index (κ2) is 4.18. The van der Waals surface area contributed by atoms with Crippen LogP contribution in [0.15, 0.2) is 48.5 Å². The summed E-state index contributed by atoms with van der Waals surface area (Å²) in [5.74, 6) is -0.892. The van der Waals surface area contributed by atoms with E-state index in [9.17, 15) is 14.7 Å². The maximum absolute atomic E-state index is 12.7. The van der Waals surface area contributed by atoms with E-state index >= 15 is 0 Å². The van der Waals surface area contributed by atoms with Crippen molar-refractivity contribution in [2.24, 2.45) is 0 Å². The van der Waals surface area contributed by atoms with Crippen LogP contribution in [-0.2, 0) is 0 Å². The van der Waals surface area contributed by atoms with E-state index in [1.807, 2.05) is 0 Å². The molecule has 4 nitrogen and oxygen atoms in total. The molecule has 4 rings (SSSR count). The summed E-state index contributed by atoms with van der Waals surface area (Å²) in [5.41, 5.74) is 7.08. The van der Waals surface area contributed by atoms with Gasteiger partial charge in [0, 0.05) is 21.9 Å². The van der Waals surface area contributed by atoms with Crippen LogP contribution in [0.2, 0.25) is 0 Å². The first-order valence-electron chi connectivity index (χ1n) is 6.83. The molecule has 22 heavy (non-hydrogen) atoms. The van der Waals surface area contributed by atoms with Crippen molar-refractivity contribution < 1.29 is 14.7 Å². The van der Waals surface area contributed by atoms with E-state index in [1.165, 1.54) is 0 Å². The molecule has 106 valence electrons. The number of rotatable bonds is 0. The Hall–Kier alpha value is -3.14. The van der Waals surface area contributed by atoms with Crippen LogP contribution in [0.1, 0.15) is 31.8 Å². The van der Waals surface area contributed by atoms with Gasteiger partial charge in [0.05, 0.1) is 16.8 Å². The van der Waals surface area contributed by atoms with Crippen LogP contribution < -0.4 is 5.73 Å². The van der Waals surface area contributed by atoms with Crippen molar-refractivity contribution in [3.63, 3.8) is 0 Å². The minimum absolute atomic E-state index is 0.0000926. The molecular weight excluding hydrogens is 278 g/mol. The molecule has 0 bridgehead atoms. The van der Waals surface area contributed by atoms with Crippen molar-refractivity contribution in [1.82, 2.24) is 0 Å². The molecular formula is C18H11NO3. The van der Waals surface area contributed by atoms with E-state index in [2.05, 4.69) is 0 Å². The molecule has 0 radical (unpaired) electrons. The SMILES string of the molecule is Nc1c2c(c(O)c3ccccc13)C(=O)c1ccccc1C2=O. The van der Waals surface area contributed by atoms with Crippen LogP contribution >= 0.6 is 0 Å². The van der Waals surface area contributed by atoms with Gasteiger partial charge in [0.25, 0.3) is 0 Å². The summed E-state index contributed by atoms with van der Waals surface area (Å²) in [5, 5.41) is 11.5. The number of nitrogens with two attached hydrogens (primary N) is 1. The highest BCUT2D eigenvalue weighted by atomic mass is 16.3. The highest BCUT2D eigenvalue weighted by Gasteiger charge is 2.34. The lowest BCUT2D eigenvalue weighted by Crippen LogP contribution is -2.22. The van der Waals surface area contributed by atoms with Gasteiger partial charge in [-0.1, -0.05) is 48.5 Å². The summed E-state index contributed by atoms with van der Waals surface area (Å²) >= 11 is 0. The molecule has 1 aliphatic rings. The summed E-state index contributed by atoms with van der Waals surface area (Å²) in [6.07, 6.45) is 0. The highest BCUT2D eigenvalue weighted by Crippen LogP contribution is 2.42. The van der Waals surface area contributed by atoms with Crippen LogP contribution in [0.5, 0.6) is 5.75 Å². The largest absolute Gasteiger partial charge is 0.506 e. The molecule has 0 saturated carbocycles. The Morgan fingerprint density at radius 3 is 1.86 bits per heavy atom. The van der Waals surface area contributed by atoms with Gasteiger partial charge in [-0.2, -0.15) is 0 Å². The van der Waals surface area contributed by atoms with E-state index in [0.29, 0.717) is 21.9 Å². The van der Waals surface area contributed by atoms with Gasteiger partial charge in [0.15, 0.2) is 11.6 Å². The third-order valence-electron chi connectivity index (χ3n) is 4.10. The number of phenols is 1. The predicted molar refractivity (Wildman–Crippen MR) is 83.3 cm³/mol. The molecule has 0 atom stereocenters. The fourth-order valence-electron chi connectivity index (χ4n) is 3.05. The number of ketones is 2. The van der Waals surface area contributed by atoms with Crippen LogP contribution in [0.3, 0.4) is 0 Å². The second-order valence-corrected chi connectivity index (χ2v) is 5.26. The van der Waals surface area contributed by atoms with Crippen molar-refractivity contribution in [1.29, 1.82) is 0 Å². The first kappa shape index (κ1) is 12.6. The maximum atomic E-state index is 12.7. The van der Waals surface area contributed by atoms with Gasteiger partial charge in [-0.05, 0) is 0 Å². The monoisotopic (exact) mass is 289 g/mol. The zero-order valence-corrected chi connectivity index (χ0v) is 11.5. The molecule has 0 amide bonds. The summed E-state index contributed by atoms with van der Waals surface area (Å²) in [6.45, 7) is 0. The Morgan fingerprint density at radius 1 is 0.727 bits per heavy atom. The minimum Gasteiger partial charge on any atom is -0.506 e. The lowest BCUT2D eigenvalue weighted by Gasteiger charge is -2.21. The molecule has 3 aromatic carbocycles. The third kappa shape index (κ3) is 1.41. The number of hydrogen-bond acceptors (Lipinski definition) is 4. The third-order valence-corrected chi connectivity index (χ3v) is 4.10. The van der Waals surface area contributed by atoms with Gasteiger partial charge in [-0.25, -0.2) is 0 Å². The summed E-state index contributed by atoms with van der Waals surface area (Å²) in [6, 6.07) is 13.5. The summed E-state index contributed by atoms with van der Waals surface area (Å²) in [7, 11) is 0. The van der Waals surface area contributed by atoms with E-state index in [0.717, 1.165) is 0 Å². The molecule has 0 aromatic heterocycles. The topological polar surface area (TPSA) is 80.4 Å². The fourth-order valence-corrected chi connectivity index (χ4v) is 3.05. The number of aromatic hydroxyl groups is 1. The molecule has 0 saturated heterocycles. The fraction of sp³-hybridized carbons (Fsp3) is 0. The quantitative estimate of drug-likeness (QED) is 0.385. The molecule has 3 N–H and O–H groups in total. The lowest BCUT2D eigenvalue weighted by atomic mass is 9.81. The summed E-state index contributed by atoms with van der Waals surface area (Å²) in [4.78, 5) is 25.4. The zero-order chi connectivity index (χ0) is 15.4. The number of carbonyl (C=O) groups excluding carboxylic acids is 2. The van der Waals surface area contributed by atoms with E-state index in [1.54, 1.807) is 48.5 Å². The average Bonchev–Trinajstić information content (AvgIpc) is 2.56. The molecule has 0 unspecified atom stereocenters. The standard InChI is InChI=1S/C18H11NO3/c19-15-9-5-1-2-6-10(9)17(21)14-13(15)16(20)11-7-3-4-8-12(11)18(14)22/h1-8,21H,19H2. The van der Waals surface area contributed by atoms with Crippen molar-refractivity contribution in [3.05, 3.63) is 70.8 Å². The molecule has 0 heterocycles. The zero-order valence-electron chi connectivity index (χ0n) is 11.5. The number of carbonyl (C=O) groups is 2. The van der Waals surface area contributed by atoms with Crippen molar-refractivity contribution >= 4 is 28.0 Å². The lowest BCUT2D eigenvalue weighted by molar-refractivity contribution is 0.0977. The second-order valence-electron chi connectivity index (χ2n) is 5.26. The highest BCUT2D eigenvalue weighted by molar-refractivity contribution is 6.33. The number of hydrogen-bond donors (Lipinski definition) is 2. The number of fused-ring (bicyclic) bond motifs is 3. The van der Waals surface area contributed by atoms with Crippen LogP contribution in [0.4, 0.5) is 5.69 Å². The van der Waals surface area contributed by atoms with Crippen LogP contribution in [-0.4, -0.2) is 16.7 Å². The van der Waals surface area contributed by atoms with E-state index < -0.39 is 0 Å². The van der Waals surface area contributed by atoms with Crippen LogP contribution in [0.25, 0.3) is 10.8 Å². The van der Waals surface area contributed by atoms with Crippen LogP contribution in [0, 0.1) is 0 Å². The molecule has 1 aliphatic carbocycles.